The topological polar surface area (TPSA) is 75.0 Å². The molecule has 1 atom stereocenters. The maximum atomic E-state index is 13.7. The Morgan fingerprint density at radius 3 is 3.00 bits per heavy atom. The molecule has 6 heteroatoms. The Bertz CT molecular complexity index is 694. The third-order valence-corrected chi connectivity index (χ3v) is 4.32. The van der Waals surface area contributed by atoms with E-state index in [1.807, 2.05) is 13.8 Å². The molecule has 112 valence electrons. The van der Waals surface area contributed by atoms with E-state index >= 15 is 0 Å². The number of piperidine rings is 1. The molecule has 1 unspecified atom stereocenters. The van der Waals surface area contributed by atoms with Crippen molar-refractivity contribution in [3.63, 3.8) is 0 Å². The molecule has 3 rings (SSSR count). The predicted molar refractivity (Wildman–Crippen MR) is 78.3 cm³/mol. The van der Waals surface area contributed by atoms with Crippen LogP contribution in [0.25, 0.3) is 11.0 Å². The van der Waals surface area contributed by atoms with Crippen molar-refractivity contribution in [3.8, 4) is 0 Å². The molecule has 0 saturated carbocycles. The highest BCUT2D eigenvalue weighted by atomic mass is 19.1. The van der Waals surface area contributed by atoms with Gasteiger partial charge >= 0.3 is 0 Å². The summed E-state index contributed by atoms with van der Waals surface area (Å²) in [5.74, 6) is -0.630. The average Bonchev–Trinajstić information content (AvgIpc) is 2.88. The van der Waals surface area contributed by atoms with E-state index in [0.29, 0.717) is 29.7 Å². The number of hydrogen-bond donors (Lipinski definition) is 2. The molecular formula is C15H19FN4O. The van der Waals surface area contributed by atoms with Crippen LogP contribution in [-0.4, -0.2) is 39.9 Å². The van der Waals surface area contributed by atoms with Gasteiger partial charge in [-0.1, -0.05) is 13.8 Å². The fourth-order valence-corrected chi connectivity index (χ4v) is 2.90. The van der Waals surface area contributed by atoms with Gasteiger partial charge in [-0.2, -0.15) is 0 Å². The second kappa shape index (κ2) is 4.80. The number of nitrogens with two attached hydrogens (primary N) is 1. The minimum Gasteiger partial charge on any atom is -0.344 e. The lowest BCUT2D eigenvalue weighted by molar-refractivity contribution is 0.0534. The third-order valence-electron chi connectivity index (χ3n) is 4.32. The van der Waals surface area contributed by atoms with Gasteiger partial charge in [0, 0.05) is 19.1 Å². The van der Waals surface area contributed by atoms with Crippen molar-refractivity contribution in [1.29, 1.82) is 0 Å². The molecule has 2 aromatic rings. The molecule has 21 heavy (non-hydrogen) atoms. The quantitative estimate of drug-likeness (QED) is 0.842. The van der Waals surface area contributed by atoms with E-state index in [-0.39, 0.29) is 17.4 Å². The summed E-state index contributed by atoms with van der Waals surface area (Å²) in [6, 6.07) is 2.67. The highest BCUT2D eigenvalue weighted by Crippen LogP contribution is 2.29. The summed E-state index contributed by atoms with van der Waals surface area (Å²) in [6.07, 6.45) is 2.22. The van der Waals surface area contributed by atoms with Gasteiger partial charge in [0.1, 0.15) is 11.3 Å². The molecule has 1 aromatic carbocycles. The first kappa shape index (κ1) is 14.0. The van der Waals surface area contributed by atoms with Crippen LogP contribution in [0.15, 0.2) is 18.5 Å². The molecule has 1 amide bonds. The number of H-pyrrole nitrogens is 1. The van der Waals surface area contributed by atoms with Gasteiger partial charge in [0.05, 0.1) is 17.4 Å². The van der Waals surface area contributed by atoms with E-state index in [1.54, 1.807) is 4.90 Å². The van der Waals surface area contributed by atoms with E-state index in [4.69, 9.17) is 5.73 Å². The molecule has 3 N–H and O–H groups in total. The van der Waals surface area contributed by atoms with Crippen LogP contribution in [0.3, 0.4) is 0 Å². The van der Waals surface area contributed by atoms with E-state index in [0.717, 1.165) is 6.42 Å². The van der Waals surface area contributed by atoms with E-state index in [2.05, 4.69) is 9.97 Å². The second-order valence-corrected chi connectivity index (χ2v) is 6.36. The smallest absolute Gasteiger partial charge is 0.256 e. The fraction of sp³-hybridized carbons (Fsp3) is 0.467. The predicted octanol–water partition coefficient (Wildman–Crippen LogP) is 1.90. The highest BCUT2D eigenvalue weighted by Gasteiger charge is 2.36. The Hall–Kier alpha value is -1.95. The van der Waals surface area contributed by atoms with Crippen molar-refractivity contribution in [2.45, 2.75) is 26.3 Å². The second-order valence-electron chi connectivity index (χ2n) is 6.36. The number of carbonyl (C=O) groups excluding carboxylic acids is 1. The monoisotopic (exact) mass is 290 g/mol. The van der Waals surface area contributed by atoms with Gasteiger partial charge in [0.15, 0.2) is 0 Å². The van der Waals surface area contributed by atoms with Gasteiger partial charge in [-0.3, -0.25) is 4.79 Å². The Balaban J connectivity index is 1.96. The van der Waals surface area contributed by atoms with Crippen LogP contribution in [0, 0.1) is 11.2 Å². The molecule has 1 fully saturated rings. The Kier molecular flexibility index (Phi) is 3.20. The number of fused-ring (bicyclic) bond motifs is 1. The number of benzene rings is 1. The van der Waals surface area contributed by atoms with Crippen LogP contribution < -0.4 is 5.73 Å². The van der Waals surface area contributed by atoms with Crippen molar-refractivity contribution < 1.29 is 9.18 Å². The summed E-state index contributed by atoms with van der Waals surface area (Å²) >= 11 is 0. The van der Waals surface area contributed by atoms with Crippen molar-refractivity contribution in [3.05, 3.63) is 29.8 Å². The minimum absolute atomic E-state index is 0.0689. The lowest BCUT2D eigenvalue weighted by Crippen LogP contribution is -2.54. The lowest BCUT2D eigenvalue weighted by atomic mass is 9.79. The normalized spacial score (nSPS) is 21.7. The van der Waals surface area contributed by atoms with Crippen LogP contribution >= 0.6 is 0 Å². The van der Waals surface area contributed by atoms with Crippen molar-refractivity contribution in [1.82, 2.24) is 14.9 Å². The first-order chi connectivity index (χ1) is 9.88. The standard InChI is InChI=1S/C15H19FN4O/c1-15(2)7-20(4-3-12(15)17)14(21)10-5-9(16)6-11-13(10)19-8-18-11/h5-6,8,12H,3-4,7,17H2,1-2H3,(H,18,19). The molecule has 0 bridgehead atoms. The fourth-order valence-electron chi connectivity index (χ4n) is 2.90. The van der Waals surface area contributed by atoms with E-state index in [9.17, 15) is 9.18 Å². The summed E-state index contributed by atoms with van der Waals surface area (Å²) in [6.45, 7) is 5.25. The number of aromatic nitrogens is 2. The number of halogens is 1. The number of amides is 1. The number of carbonyl (C=O) groups is 1. The number of imidazole rings is 1. The molecule has 0 aliphatic carbocycles. The highest BCUT2D eigenvalue weighted by molar-refractivity contribution is 6.04. The molecule has 0 radical (unpaired) electrons. The minimum atomic E-state index is -0.442. The van der Waals surface area contributed by atoms with Gasteiger partial charge in [-0.25, -0.2) is 9.37 Å². The largest absolute Gasteiger partial charge is 0.344 e. The number of aromatic amines is 1. The van der Waals surface area contributed by atoms with E-state index in [1.165, 1.54) is 18.5 Å². The van der Waals surface area contributed by atoms with Crippen LogP contribution in [0.2, 0.25) is 0 Å². The number of nitrogens with one attached hydrogen (secondary N) is 1. The van der Waals surface area contributed by atoms with Crippen molar-refractivity contribution in [2.24, 2.45) is 11.1 Å². The van der Waals surface area contributed by atoms with Crippen LogP contribution in [0.1, 0.15) is 30.6 Å². The Morgan fingerprint density at radius 1 is 1.52 bits per heavy atom. The summed E-state index contributed by atoms with van der Waals surface area (Å²) in [4.78, 5) is 21.4. The average molecular weight is 290 g/mol. The van der Waals surface area contributed by atoms with E-state index < -0.39 is 5.82 Å². The Labute approximate surface area is 122 Å². The number of hydrogen-bond acceptors (Lipinski definition) is 3. The zero-order chi connectivity index (χ0) is 15.2. The van der Waals surface area contributed by atoms with Crippen molar-refractivity contribution in [2.75, 3.05) is 13.1 Å². The first-order valence-corrected chi connectivity index (χ1v) is 7.06. The SMILES string of the molecule is CC1(C)CN(C(=O)c2cc(F)cc3[nH]cnc23)CCC1N. The number of likely N-dealkylation sites (tertiary alicyclic amines) is 1. The summed E-state index contributed by atoms with van der Waals surface area (Å²) in [5, 5.41) is 0. The van der Waals surface area contributed by atoms with Gasteiger partial charge in [0.2, 0.25) is 0 Å². The summed E-state index contributed by atoms with van der Waals surface area (Å²) in [7, 11) is 0. The van der Waals surface area contributed by atoms with Gasteiger partial charge in [-0.05, 0) is 24.0 Å². The maximum absolute atomic E-state index is 13.7. The summed E-state index contributed by atoms with van der Waals surface area (Å²) in [5.41, 5.74) is 7.29. The molecule has 1 saturated heterocycles. The third kappa shape index (κ3) is 2.40. The van der Waals surface area contributed by atoms with Crippen LogP contribution in [0.4, 0.5) is 4.39 Å². The zero-order valence-electron chi connectivity index (χ0n) is 12.2. The van der Waals surface area contributed by atoms with Crippen LogP contribution in [-0.2, 0) is 0 Å². The molecule has 2 heterocycles. The van der Waals surface area contributed by atoms with Gasteiger partial charge < -0.3 is 15.6 Å². The molecule has 1 aliphatic rings. The molecule has 1 aromatic heterocycles. The maximum Gasteiger partial charge on any atom is 0.256 e. The first-order valence-electron chi connectivity index (χ1n) is 7.06. The van der Waals surface area contributed by atoms with Gasteiger partial charge in [-0.15, -0.1) is 0 Å². The lowest BCUT2D eigenvalue weighted by Gasteiger charge is -2.42. The van der Waals surface area contributed by atoms with Gasteiger partial charge in [0.25, 0.3) is 5.91 Å². The zero-order valence-corrected chi connectivity index (χ0v) is 12.2. The van der Waals surface area contributed by atoms with Crippen molar-refractivity contribution >= 4 is 16.9 Å². The molecule has 5 nitrogen and oxygen atoms in total. The summed E-state index contributed by atoms with van der Waals surface area (Å²) < 4.78 is 13.7. The number of nitrogens with zero attached hydrogens (tertiary/aromatic N) is 2. The Morgan fingerprint density at radius 2 is 2.29 bits per heavy atom. The number of rotatable bonds is 1. The molecule has 1 aliphatic heterocycles. The van der Waals surface area contributed by atoms with Crippen LogP contribution in [0.5, 0.6) is 0 Å². The molecule has 0 spiro atoms. The molecular weight excluding hydrogens is 271 g/mol.